The Balaban J connectivity index is 2.08. The summed E-state index contributed by atoms with van der Waals surface area (Å²) in [5.74, 6) is -2.03. The second-order valence-corrected chi connectivity index (χ2v) is 4.53. The highest BCUT2D eigenvalue weighted by atomic mass is 19.1. The standard InChI is InChI=1S/C17H11F2NO2/c1-11-2-3-12(15(18)8-11)5-7-17(21)22-14-6-4-13(10-20)16(19)9-14/h2-9H,1H3. The van der Waals surface area contributed by atoms with Crippen molar-refractivity contribution in [3.05, 3.63) is 70.8 Å². The molecule has 0 amide bonds. The average Bonchev–Trinajstić information content (AvgIpc) is 2.46. The predicted molar refractivity (Wildman–Crippen MR) is 76.9 cm³/mol. The lowest BCUT2D eigenvalue weighted by molar-refractivity contribution is -0.128. The van der Waals surface area contributed by atoms with Gasteiger partial charge in [-0.15, -0.1) is 0 Å². The molecule has 0 heterocycles. The van der Waals surface area contributed by atoms with Crippen LogP contribution in [0.1, 0.15) is 16.7 Å². The van der Waals surface area contributed by atoms with Gasteiger partial charge in [0, 0.05) is 17.7 Å². The Kier molecular flexibility index (Phi) is 4.64. The molecule has 0 radical (unpaired) electrons. The molecular formula is C17H11F2NO2. The first kappa shape index (κ1) is 15.4. The third-order valence-corrected chi connectivity index (χ3v) is 2.83. The Morgan fingerprint density at radius 1 is 1.18 bits per heavy atom. The van der Waals surface area contributed by atoms with E-state index >= 15 is 0 Å². The minimum atomic E-state index is -0.777. The van der Waals surface area contributed by atoms with Crippen molar-refractivity contribution in [1.29, 1.82) is 5.26 Å². The van der Waals surface area contributed by atoms with Crippen LogP contribution in [0.3, 0.4) is 0 Å². The molecule has 0 unspecified atom stereocenters. The number of nitriles is 1. The van der Waals surface area contributed by atoms with E-state index in [1.54, 1.807) is 19.1 Å². The van der Waals surface area contributed by atoms with Gasteiger partial charge in [0.2, 0.25) is 0 Å². The molecule has 0 aromatic heterocycles. The number of nitrogens with zero attached hydrogens (tertiary/aromatic N) is 1. The molecule has 0 aliphatic carbocycles. The van der Waals surface area contributed by atoms with Crippen molar-refractivity contribution < 1.29 is 18.3 Å². The molecule has 22 heavy (non-hydrogen) atoms. The van der Waals surface area contributed by atoms with E-state index in [2.05, 4.69) is 0 Å². The molecule has 0 saturated heterocycles. The highest BCUT2D eigenvalue weighted by molar-refractivity contribution is 5.88. The van der Waals surface area contributed by atoms with Gasteiger partial charge in [0.05, 0.1) is 5.56 Å². The molecule has 110 valence electrons. The van der Waals surface area contributed by atoms with Crippen LogP contribution in [-0.4, -0.2) is 5.97 Å². The lowest BCUT2D eigenvalue weighted by atomic mass is 10.1. The van der Waals surface area contributed by atoms with Crippen molar-refractivity contribution in [2.24, 2.45) is 0 Å². The van der Waals surface area contributed by atoms with Crippen LogP contribution in [0.5, 0.6) is 5.75 Å². The first-order chi connectivity index (χ1) is 10.5. The maximum Gasteiger partial charge on any atom is 0.336 e. The normalized spacial score (nSPS) is 10.5. The van der Waals surface area contributed by atoms with Gasteiger partial charge >= 0.3 is 5.97 Å². The van der Waals surface area contributed by atoms with Crippen molar-refractivity contribution in [2.45, 2.75) is 6.92 Å². The molecule has 0 N–H and O–H groups in total. The molecule has 0 spiro atoms. The first-order valence-electron chi connectivity index (χ1n) is 6.35. The number of rotatable bonds is 3. The summed E-state index contributed by atoms with van der Waals surface area (Å²) in [7, 11) is 0. The van der Waals surface area contributed by atoms with E-state index in [0.717, 1.165) is 17.7 Å². The summed E-state index contributed by atoms with van der Waals surface area (Å²) in [5, 5.41) is 8.60. The van der Waals surface area contributed by atoms with E-state index in [0.29, 0.717) is 0 Å². The van der Waals surface area contributed by atoms with Crippen molar-refractivity contribution in [3.8, 4) is 11.8 Å². The number of halogens is 2. The fourth-order valence-electron chi connectivity index (χ4n) is 1.73. The molecule has 2 aromatic rings. The molecule has 0 fully saturated rings. The van der Waals surface area contributed by atoms with Crippen molar-refractivity contribution in [1.82, 2.24) is 0 Å². The lowest BCUT2D eigenvalue weighted by Crippen LogP contribution is -2.04. The number of carbonyl (C=O) groups is 1. The van der Waals surface area contributed by atoms with Gasteiger partial charge in [-0.05, 0) is 36.8 Å². The minimum absolute atomic E-state index is 0.0319. The second-order valence-electron chi connectivity index (χ2n) is 4.53. The Morgan fingerprint density at radius 2 is 1.95 bits per heavy atom. The molecule has 0 aliphatic heterocycles. The summed E-state index contributed by atoms with van der Waals surface area (Å²) in [6.07, 6.45) is 2.32. The van der Waals surface area contributed by atoms with Gasteiger partial charge in [-0.1, -0.05) is 12.1 Å². The van der Waals surface area contributed by atoms with E-state index in [4.69, 9.17) is 10.00 Å². The maximum atomic E-state index is 13.6. The molecule has 0 saturated carbocycles. The largest absolute Gasteiger partial charge is 0.423 e. The number of benzene rings is 2. The van der Waals surface area contributed by atoms with Crippen molar-refractivity contribution in [3.63, 3.8) is 0 Å². The number of carbonyl (C=O) groups excluding carboxylic acids is 1. The van der Waals surface area contributed by atoms with Crippen molar-refractivity contribution in [2.75, 3.05) is 0 Å². The lowest BCUT2D eigenvalue weighted by Gasteiger charge is -2.02. The molecule has 3 nitrogen and oxygen atoms in total. The van der Waals surface area contributed by atoms with Crippen LogP contribution < -0.4 is 4.74 Å². The van der Waals surface area contributed by atoms with Crippen LogP contribution in [0.15, 0.2) is 42.5 Å². The molecule has 0 atom stereocenters. The summed E-state index contributed by atoms with van der Waals surface area (Å²) < 4.78 is 31.8. The fraction of sp³-hybridized carbons (Fsp3) is 0.0588. The quantitative estimate of drug-likeness (QED) is 0.492. The monoisotopic (exact) mass is 299 g/mol. The third-order valence-electron chi connectivity index (χ3n) is 2.83. The predicted octanol–water partition coefficient (Wildman–Crippen LogP) is 3.76. The average molecular weight is 299 g/mol. The summed E-state index contributed by atoms with van der Waals surface area (Å²) >= 11 is 0. The number of ether oxygens (including phenoxy) is 1. The second kappa shape index (κ2) is 6.64. The molecule has 2 rings (SSSR count). The van der Waals surface area contributed by atoms with Gasteiger partial charge in [0.25, 0.3) is 0 Å². The molecular weight excluding hydrogens is 288 g/mol. The number of aryl methyl sites for hydroxylation is 1. The van der Waals surface area contributed by atoms with Crippen LogP contribution >= 0.6 is 0 Å². The van der Waals surface area contributed by atoms with Gasteiger partial charge in [-0.2, -0.15) is 5.26 Å². The van der Waals surface area contributed by atoms with Gasteiger partial charge < -0.3 is 4.74 Å². The Labute approximate surface area is 126 Å². The summed E-state index contributed by atoms with van der Waals surface area (Å²) in [5.41, 5.74) is 0.871. The van der Waals surface area contributed by atoms with Gasteiger partial charge in [-0.3, -0.25) is 0 Å². The molecule has 0 aliphatic rings. The Bertz CT molecular complexity index is 792. The van der Waals surface area contributed by atoms with Gasteiger partial charge in [-0.25, -0.2) is 13.6 Å². The maximum absolute atomic E-state index is 13.6. The highest BCUT2D eigenvalue weighted by Crippen LogP contribution is 2.17. The van der Waals surface area contributed by atoms with Crippen LogP contribution in [0, 0.1) is 29.9 Å². The zero-order valence-corrected chi connectivity index (χ0v) is 11.6. The van der Waals surface area contributed by atoms with Crippen molar-refractivity contribution >= 4 is 12.0 Å². The summed E-state index contributed by atoms with van der Waals surface area (Å²) in [4.78, 5) is 11.6. The smallest absolute Gasteiger partial charge is 0.336 e. The fourth-order valence-corrected chi connectivity index (χ4v) is 1.73. The van der Waals surface area contributed by atoms with E-state index in [-0.39, 0.29) is 16.9 Å². The SMILES string of the molecule is Cc1ccc(C=CC(=O)Oc2ccc(C#N)c(F)c2)c(F)c1. The summed E-state index contributed by atoms with van der Waals surface area (Å²) in [6.45, 7) is 1.75. The van der Waals surface area contributed by atoms with Gasteiger partial charge in [0.15, 0.2) is 0 Å². The van der Waals surface area contributed by atoms with Gasteiger partial charge in [0.1, 0.15) is 23.5 Å². The Hall–Kier alpha value is -3.00. The first-order valence-corrected chi connectivity index (χ1v) is 6.35. The number of hydrogen-bond acceptors (Lipinski definition) is 3. The number of esters is 1. The van der Waals surface area contributed by atoms with Crippen LogP contribution in [-0.2, 0) is 4.79 Å². The van der Waals surface area contributed by atoms with Crippen LogP contribution in [0.25, 0.3) is 6.08 Å². The molecule has 0 bridgehead atoms. The third kappa shape index (κ3) is 3.76. The van der Waals surface area contributed by atoms with Crippen LogP contribution in [0.2, 0.25) is 0 Å². The van der Waals surface area contributed by atoms with E-state index in [1.807, 2.05) is 0 Å². The number of hydrogen-bond donors (Lipinski definition) is 0. The molecule has 5 heteroatoms. The minimum Gasteiger partial charge on any atom is -0.423 e. The highest BCUT2D eigenvalue weighted by Gasteiger charge is 2.06. The zero-order chi connectivity index (χ0) is 16.1. The Morgan fingerprint density at radius 3 is 2.59 bits per heavy atom. The zero-order valence-electron chi connectivity index (χ0n) is 11.6. The summed E-state index contributed by atoms with van der Waals surface area (Å²) in [6, 6.07) is 9.72. The van der Waals surface area contributed by atoms with E-state index in [9.17, 15) is 13.6 Å². The van der Waals surface area contributed by atoms with Crippen LogP contribution in [0.4, 0.5) is 8.78 Å². The van der Waals surface area contributed by atoms with E-state index in [1.165, 1.54) is 30.3 Å². The van der Waals surface area contributed by atoms with E-state index < -0.39 is 17.6 Å². The molecule has 2 aromatic carbocycles. The topological polar surface area (TPSA) is 50.1 Å².